The van der Waals surface area contributed by atoms with Gasteiger partial charge in [-0.15, -0.1) is 11.3 Å². The fraction of sp³-hybridized carbons (Fsp3) is 0.500. The van der Waals surface area contributed by atoms with Crippen LogP contribution in [0.25, 0.3) is 0 Å². The first kappa shape index (κ1) is 27.3. The molecule has 0 aliphatic carbocycles. The number of Topliss-reactive ketones (excluding diaryl/α,β-unsaturated/α-hetero) is 1. The first-order valence-electron chi connectivity index (χ1n) is 12.6. The highest BCUT2D eigenvalue weighted by Crippen LogP contribution is 2.30. The number of likely N-dealkylation sites (N-methyl/N-ethyl adjacent to an activating group) is 1. The van der Waals surface area contributed by atoms with Crippen LogP contribution in [-0.4, -0.2) is 68.6 Å². The van der Waals surface area contributed by atoms with Gasteiger partial charge in [0.25, 0.3) is 10.0 Å². The van der Waals surface area contributed by atoms with E-state index in [1.54, 1.807) is 11.4 Å². The summed E-state index contributed by atoms with van der Waals surface area (Å²) in [6, 6.07) is 9.00. The van der Waals surface area contributed by atoms with Crippen LogP contribution in [0.5, 0.6) is 0 Å². The van der Waals surface area contributed by atoms with Crippen molar-refractivity contribution in [3.63, 3.8) is 0 Å². The van der Waals surface area contributed by atoms with Gasteiger partial charge in [0.1, 0.15) is 16.3 Å². The van der Waals surface area contributed by atoms with Crippen molar-refractivity contribution in [3.05, 3.63) is 47.3 Å². The highest BCUT2D eigenvalue weighted by atomic mass is 32.2. The lowest BCUT2D eigenvalue weighted by Crippen LogP contribution is -2.55. The maximum Gasteiger partial charge on any atom is 0.252 e. The summed E-state index contributed by atoms with van der Waals surface area (Å²) in [6.07, 6.45) is 1.75. The second-order valence-corrected chi connectivity index (χ2v) is 13.2. The number of sulfonamides is 1. The molecular formula is C26H34N4O5S2. The molecule has 0 spiro atoms. The molecule has 0 saturated carbocycles. The summed E-state index contributed by atoms with van der Waals surface area (Å²) in [6.45, 7) is 3.85. The van der Waals surface area contributed by atoms with E-state index in [0.29, 0.717) is 25.7 Å². The molecule has 2 aromatic rings. The Morgan fingerprint density at radius 3 is 2.59 bits per heavy atom. The molecule has 9 nitrogen and oxygen atoms in total. The Kier molecular flexibility index (Phi) is 8.35. The van der Waals surface area contributed by atoms with Gasteiger partial charge < -0.3 is 15.5 Å². The topological polar surface area (TPSA) is 116 Å². The van der Waals surface area contributed by atoms with E-state index in [-0.39, 0.29) is 34.9 Å². The van der Waals surface area contributed by atoms with E-state index in [1.807, 2.05) is 50.1 Å². The van der Waals surface area contributed by atoms with Crippen LogP contribution >= 0.6 is 11.3 Å². The molecule has 0 bridgehead atoms. The highest BCUT2D eigenvalue weighted by molar-refractivity contribution is 7.91. The Bertz CT molecular complexity index is 1250. The minimum atomic E-state index is -3.76. The number of amides is 2. The van der Waals surface area contributed by atoms with E-state index in [0.717, 1.165) is 22.6 Å². The number of carbonyl (C=O) groups excluding carboxylic acids is 3. The van der Waals surface area contributed by atoms with E-state index >= 15 is 0 Å². The van der Waals surface area contributed by atoms with Crippen molar-refractivity contribution >= 4 is 44.6 Å². The number of carbonyl (C=O) groups is 3. The van der Waals surface area contributed by atoms with Gasteiger partial charge in [-0.25, -0.2) is 8.42 Å². The van der Waals surface area contributed by atoms with Crippen molar-refractivity contribution in [2.75, 3.05) is 25.0 Å². The van der Waals surface area contributed by atoms with Gasteiger partial charge in [0, 0.05) is 25.7 Å². The van der Waals surface area contributed by atoms with Gasteiger partial charge in [0.15, 0.2) is 5.78 Å². The van der Waals surface area contributed by atoms with Gasteiger partial charge in [0.05, 0.1) is 12.6 Å². The maximum atomic E-state index is 13.3. The molecular weight excluding hydrogens is 512 g/mol. The zero-order chi connectivity index (χ0) is 26.7. The summed E-state index contributed by atoms with van der Waals surface area (Å²) in [4.78, 5) is 41.5. The lowest BCUT2D eigenvalue weighted by Gasteiger charge is -2.27. The largest absolute Gasteiger partial charge is 0.362 e. The fourth-order valence-electron chi connectivity index (χ4n) is 4.94. The molecule has 4 rings (SSSR count). The van der Waals surface area contributed by atoms with E-state index < -0.39 is 34.1 Å². The van der Waals surface area contributed by atoms with Gasteiger partial charge in [0.2, 0.25) is 11.8 Å². The average molecular weight is 547 g/mol. The van der Waals surface area contributed by atoms with Crippen LogP contribution < -0.4 is 15.5 Å². The smallest absolute Gasteiger partial charge is 0.252 e. The SMILES string of the molecule is CC(C)C[C@H](NC(=O)C1Cc2ccccc2N1C)C(=O)NC1CCCN(S(=O)(=O)c2cccs2)CC1=O. The predicted molar refractivity (Wildman–Crippen MR) is 143 cm³/mol. The zero-order valence-corrected chi connectivity index (χ0v) is 23.0. The maximum absolute atomic E-state index is 13.3. The Morgan fingerprint density at radius 2 is 1.92 bits per heavy atom. The van der Waals surface area contributed by atoms with Gasteiger partial charge >= 0.3 is 0 Å². The van der Waals surface area contributed by atoms with Gasteiger partial charge in [-0.3, -0.25) is 14.4 Å². The summed E-state index contributed by atoms with van der Waals surface area (Å²) in [5.74, 6) is -0.884. The number of thiophene rings is 1. The molecule has 37 heavy (non-hydrogen) atoms. The Hall–Kier alpha value is -2.76. The first-order valence-corrected chi connectivity index (χ1v) is 14.9. The molecule has 1 saturated heterocycles. The number of nitrogens with zero attached hydrogens (tertiary/aromatic N) is 2. The monoisotopic (exact) mass is 546 g/mol. The standard InChI is InChI=1S/C26H34N4O5S2/c1-17(2)14-20(28-26(33)22-15-18-8-4-5-10-21(18)29(22)3)25(32)27-19-9-6-12-30(16-23(19)31)37(34,35)24-11-7-13-36-24/h4-5,7-8,10-11,13,17,19-20,22H,6,9,12,14-16H2,1-3H3,(H,27,32)(H,28,33)/t19?,20-,22?/m0/s1. The van der Waals surface area contributed by atoms with Crippen molar-refractivity contribution in [3.8, 4) is 0 Å². The van der Waals surface area contributed by atoms with Gasteiger partial charge in [-0.2, -0.15) is 4.31 Å². The third-order valence-corrected chi connectivity index (χ3v) is 10.1. The number of anilines is 1. The number of fused-ring (bicyclic) bond motifs is 1. The minimum absolute atomic E-state index is 0.130. The Morgan fingerprint density at radius 1 is 1.16 bits per heavy atom. The number of rotatable bonds is 8. The normalized spacial score (nSPS) is 21.4. The Labute approximate surface area is 222 Å². The summed E-state index contributed by atoms with van der Waals surface area (Å²) in [5.41, 5.74) is 2.08. The lowest BCUT2D eigenvalue weighted by atomic mass is 10.0. The van der Waals surface area contributed by atoms with E-state index in [4.69, 9.17) is 0 Å². The molecule has 200 valence electrons. The van der Waals surface area contributed by atoms with Crippen molar-refractivity contribution in [1.82, 2.24) is 14.9 Å². The highest BCUT2D eigenvalue weighted by Gasteiger charge is 2.37. The molecule has 2 unspecified atom stereocenters. The van der Waals surface area contributed by atoms with Crippen LogP contribution in [0.1, 0.15) is 38.7 Å². The van der Waals surface area contributed by atoms with E-state index in [1.165, 1.54) is 10.4 Å². The van der Waals surface area contributed by atoms with Crippen molar-refractivity contribution in [2.24, 2.45) is 5.92 Å². The van der Waals surface area contributed by atoms with Gasteiger partial charge in [-0.05, 0) is 48.3 Å². The number of hydrogen-bond donors (Lipinski definition) is 2. The lowest BCUT2D eigenvalue weighted by molar-refractivity contribution is -0.132. The summed E-state index contributed by atoms with van der Waals surface area (Å²) < 4.78 is 27.2. The van der Waals surface area contributed by atoms with Crippen LogP contribution in [-0.2, 0) is 30.8 Å². The van der Waals surface area contributed by atoms with Crippen LogP contribution in [0.4, 0.5) is 5.69 Å². The van der Waals surface area contributed by atoms with Crippen LogP contribution in [0, 0.1) is 5.92 Å². The summed E-state index contributed by atoms with van der Waals surface area (Å²) >= 11 is 1.11. The molecule has 2 amide bonds. The van der Waals surface area contributed by atoms with E-state index in [9.17, 15) is 22.8 Å². The quantitative estimate of drug-likeness (QED) is 0.524. The third-order valence-electron chi connectivity index (χ3n) is 6.92. The summed E-state index contributed by atoms with van der Waals surface area (Å²) in [7, 11) is -1.89. The first-order chi connectivity index (χ1) is 17.6. The summed E-state index contributed by atoms with van der Waals surface area (Å²) in [5, 5.41) is 7.41. The predicted octanol–water partition coefficient (Wildman–Crippen LogP) is 2.18. The van der Waals surface area contributed by atoms with Crippen LogP contribution in [0.3, 0.4) is 0 Å². The second kappa shape index (κ2) is 11.3. The van der Waals surface area contributed by atoms with Crippen LogP contribution in [0.15, 0.2) is 46.0 Å². The number of hydrogen-bond acceptors (Lipinski definition) is 7. The molecule has 3 atom stereocenters. The van der Waals surface area contributed by atoms with Crippen molar-refractivity contribution in [2.45, 2.75) is 61.9 Å². The van der Waals surface area contributed by atoms with Crippen LogP contribution in [0.2, 0.25) is 0 Å². The molecule has 2 aliphatic rings. The van der Waals surface area contributed by atoms with Crippen molar-refractivity contribution in [1.29, 1.82) is 0 Å². The minimum Gasteiger partial charge on any atom is -0.362 e. The molecule has 1 fully saturated rings. The average Bonchev–Trinajstić information content (AvgIpc) is 3.47. The number of benzene rings is 1. The molecule has 2 aliphatic heterocycles. The molecule has 2 N–H and O–H groups in total. The molecule has 1 aromatic carbocycles. The van der Waals surface area contributed by atoms with Crippen molar-refractivity contribution < 1.29 is 22.8 Å². The number of ketones is 1. The fourth-order valence-corrected chi connectivity index (χ4v) is 7.53. The third kappa shape index (κ3) is 6.05. The molecule has 0 radical (unpaired) electrons. The van der Waals surface area contributed by atoms with E-state index in [2.05, 4.69) is 10.6 Å². The molecule has 1 aromatic heterocycles. The van der Waals surface area contributed by atoms with Gasteiger partial charge in [-0.1, -0.05) is 38.1 Å². The number of para-hydroxylation sites is 1. The molecule has 11 heteroatoms. The second-order valence-electron chi connectivity index (χ2n) is 10.1. The molecule has 3 heterocycles. The Balaban J connectivity index is 1.41. The number of nitrogens with one attached hydrogen (secondary N) is 2. The zero-order valence-electron chi connectivity index (χ0n) is 21.3.